The van der Waals surface area contributed by atoms with E-state index in [-0.39, 0.29) is 35.9 Å². The van der Waals surface area contributed by atoms with Gasteiger partial charge in [0.25, 0.3) is 0 Å². The van der Waals surface area contributed by atoms with Crippen molar-refractivity contribution in [3.05, 3.63) is 47.4 Å². The fourth-order valence-corrected chi connectivity index (χ4v) is 2.39. The molecular formula is C15H13FLiN4O2. The summed E-state index contributed by atoms with van der Waals surface area (Å²) in [7, 11) is 0. The molecule has 2 aromatic heterocycles. The molecule has 0 fully saturated rings. The molecule has 0 unspecified atom stereocenters. The SMILES string of the molecule is CCc1cc(F)c(-c2ccn3nc(N)nc3c2)cc1C(=O)O.[Li]. The normalized spacial score (nSPS) is 10.5. The molecule has 3 aromatic rings. The molecule has 2 heterocycles. The Labute approximate surface area is 143 Å². The number of hydrogen-bond acceptors (Lipinski definition) is 4. The van der Waals surface area contributed by atoms with Crippen molar-refractivity contribution in [3.8, 4) is 11.1 Å². The average molecular weight is 307 g/mol. The van der Waals surface area contributed by atoms with E-state index in [1.807, 2.05) is 0 Å². The maximum absolute atomic E-state index is 14.3. The second-order valence-corrected chi connectivity index (χ2v) is 4.84. The van der Waals surface area contributed by atoms with E-state index in [2.05, 4.69) is 10.1 Å². The smallest absolute Gasteiger partial charge is 0.335 e. The van der Waals surface area contributed by atoms with Gasteiger partial charge >= 0.3 is 5.97 Å². The minimum Gasteiger partial charge on any atom is -0.478 e. The summed E-state index contributed by atoms with van der Waals surface area (Å²) in [6.45, 7) is 1.78. The van der Waals surface area contributed by atoms with Gasteiger partial charge in [-0.1, -0.05) is 6.92 Å². The Morgan fingerprint density at radius 2 is 2.13 bits per heavy atom. The van der Waals surface area contributed by atoms with Crippen LogP contribution in [0.15, 0.2) is 30.5 Å². The van der Waals surface area contributed by atoms with Crippen molar-refractivity contribution in [2.75, 3.05) is 5.73 Å². The number of halogens is 1. The van der Waals surface area contributed by atoms with Crippen molar-refractivity contribution < 1.29 is 14.3 Å². The summed E-state index contributed by atoms with van der Waals surface area (Å²) < 4.78 is 15.8. The number of hydrogen-bond donors (Lipinski definition) is 2. The molecule has 0 saturated carbocycles. The molecule has 0 spiro atoms. The van der Waals surface area contributed by atoms with Crippen LogP contribution < -0.4 is 5.73 Å². The van der Waals surface area contributed by atoms with Gasteiger partial charge in [-0.25, -0.2) is 13.7 Å². The van der Waals surface area contributed by atoms with Crippen molar-refractivity contribution >= 4 is 36.4 Å². The number of anilines is 1. The summed E-state index contributed by atoms with van der Waals surface area (Å²) in [4.78, 5) is 15.3. The average Bonchev–Trinajstić information content (AvgIpc) is 2.85. The Morgan fingerprint density at radius 1 is 1.39 bits per heavy atom. The van der Waals surface area contributed by atoms with E-state index < -0.39 is 11.8 Å². The summed E-state index contributed by atoms with van der Waals surface area (Å²) in [5.41, 5.74) is 7.26. The van der Waals surface area contributed by atoms with Crippen LogP contribution in [0.25, 0.3) is 16.8 Å². The Hall–Kier alpha value is -2.36. The Kier molecular flexibility index (Phi) is 4.73. The monoisotopic (exact) mass is 307 g/mol. The Balaban J connectivity index is 0.00000192. The number of rotatable bonds is 3. The van der Waals surface area contributed by atoms with Crippen LogP contribution in [0, 0.1) is 5.82 Å². The number of aromatic nitrogens is 3. The van der Waals surface area contributed by atoms with Crippen LogP contribution in [-0.2, 0) is 6.42 Å². The quantitative estimate of drug-likeness (QED) is 0.722. The third-order valence-corrected chi connectivity index (χ3v) is 3.47. The van der Waals surface area contributed by atoms with Crippen molar-refractivity contribution in [2.45, 2.75) is 13.3 Å². The summed E-state index contributed by atoms with van der Waals surface area (Å²) in [5.74, 6) is -1.44. The molecule has 0 aliphatic rings. The number of pyridine rings is 1. The molecule has 3 rings (SSSR count). The number of nitrogens with two attached hydrogens (primary N) is 1. The number of fused-ring (bicyclic) bond motifs is 1. The third kappa shape index (κ3) is 3.07. The van der Waals surface area contributed by atoms with Crippen molar-refractivity contribution in [3.63, 3.8) is 0 Å². The fourth-order valence-electron chi connectivity index (χ4n) is 2.39. The van der Waals surface area contributed by atoms with Crippen molar-refractivity contribution in [2.24, 2.45) is 0 Å². The van der Waals surface area contributed by atoms with E-state index in [0.29, 0.717) is 23.2 Å². The topological polar surface area (TPSA) is 93.5 Å². The van der Waals surface area contributed by atoms with Crippen LogP contribution in [0.1, 0.15) is 22.8 Å². The Morgan fingerprint density at radius 3 is 2.78 bits per heavy atom. The van der Waals surface area contributed by atoms with Crippen LogP contribution in [0.3, 0.4) is 0 Å². The zero-order chi connectivity index (χ0) is 15.9. The van der Waals surface area contributed by atoms with Crippen LogP contribution in [0.5, 0.6) is 0 Å². The van der Waals surface area contributed by atoms with E-state index in [4.69, 9.17) is 5.73 Å². The van der Waals surface area contributed by atoms with E-state index in [9.17, 15) is 14.3 Å². The van der Waals surface area contributed by atoms with Gasteiger partial charge in [-0.2, -0.15) is 4.98 Å². The molecule has 0 saturated heterocycles. The molecule has 6 nitrogen and oxygen atoms in total. The minimum absolute atomic E-state index is 0. The van der Waals surface area contributed by atoms with Gasteiger partial charge in [0, 0.05) is 30.6 Å². The summed E-state index contributed by atoms with van der Waals surface area (Å²) >= 11 is 0. The van der Waals surface area contributed by atoms with Gasteiger partial charge < -0.3 is 10.8 Å². The van der Waals surface area contributed by atoms with Crippen LogP contribution in [-0.4, -0.2) is 44.5 Å². The number of nitrogen functional groups attached to an aromatic ring is 1. The molecule has 1 radical (unpaired) electrons. The standard InChI is InChI=1S/C15H13FN4O2.Li/c1-2-8-5-12(16)10(7-11(8)14(21)22)9-3-4-20-13(6-9)18-15(17)19-20;/h3-7H,2H2,1H3,(H2,17,19)(H,21,22);. The second kappa shape index (κ2) is 6.40. The number of carbonyl (C=O) groups is 1. The summed E-state index contributed by atoms with van der Waals surface area (Å²) in [6.07, 6.45) is 2.04. The van der Waals surface area contributed by atoms with Crippen LogP contribution in [0.4, 0.5) is 10.3 Å². The van der Waals surface area contributed by atoms with E-state index in [1.165, 1.54) is 16.6 Å². The van der Waals surface area contributed by atoms with Gasteiger partial charge in [0.05, 0.1) is 5.56 Å². The minimum atomic E-state index is -1.08. The summed E-state index contributed by atoms with van der Waals surface area (Å²) in [5, 5.41) is 13.2. The molecular weight excluding hydrogens is 294 g/mol. The van der Waals surface area contributed by atoms with Crippen LogP contribution in [0.2, 0.25) is 0 Å². The van der Waals surface area contributed by atoms with Crippen molar-refractivity contribution in [1.29, 1.82) is 0 Å². The molecule has 1 aromatic carbocycles. The van der Waals surface area contributed by atoms with Crippen molar-refractivity contribution in [1.82, 2.24) is 14.6 Å². The summed E-state index contributed by atoms with van der Waals surface area (Å²) in [6, 6.07) is 5.86. The molecule has 0 amide bonds. The van der Waals surface area contributed by atoms with E-state index in [1.54, 1.807) is 25.3 Å². The zero-order valence-electron chi connectivity index (χ0n) is 12.7. The molecule has 0 aliphatic carbocycles. The fraction of sp³-hybridized carbons (Fsp3) is 0.133. The number of benzene rings is 1. The maximum atomic E-state index is 14.3. The first-order valence-corrected chi connectivity index (χ1v) is 6.67. The molecule has 0 atom stereocenters. The Bertz CT molecular complexity index is 895. The first-order chi connectivity index (χ1) is 10.5. The number of aryl methyl sites for hydroxylation is 1. The molecule has 113 valence electrons. The molecule has 3 N–H and O–H groups in total. The van der Waals surface area contributed by atoms with Crippen LogP contribution >= 0.6 is 0 Å². The predicted octanol–water partition coefficient (Wildman–Crippen LogP) is 2.00. The molecule has 23 heavy (non-hydrogen) atoms. The number of carboxylic acid groups (broad SMARTS) is 1. The van der Waals surface area contributed by atoms with Gasteiger partial charge in [-0.15, -0.1) is 5.10 Å². The largest absolute Gasteiger partial charge is 0.478 e. The molecule has 0 aliphatic heterocycles. The van der Waals surface area contributed by atoms with E-state index >= 15 is 0 Å². The molecule has 0 bridgehead atoms. The second-order valence-electron chi connectivity index (χ2n) is 4.84. The molecule has 8 heteroatoms. The van der Waals surface area contributed by atoms with Gasteiger partial charge in [0.15, 0.2) is 5.65 Å². The maximum Gasteiger partial charge on any atom is 0.335 e. The number of aromatic carboxylic acids is 1. The van der Waals surface area contributed by atoms with Gasteiger partial charge in [0.2, 0.25) is 5.95 Å². The zero-order valence-corrected chi connectivity index (χ0v) is 12.7. The predicted molar refractivity (Wildman–Crippen MR) is 84.9 cm³/mol. The van der Waals surface area contributed by atoms with E-state index in [0.717, 1.165) is 0 Å². The number of carboxylic acids is 1. The third-order valence-electron chi connectivity index (χ3n) is 3.47. The first kappa shape index (κ1) is 17.0. The first-order valence-electron chi connectivity index (χ1n) is 6.67. The van der Waals surface area contributed by atoms with Gasteiger partial charge in [-0.3, -0.25) is 0 Å². The van der Waals surface area contributed by atoms with Gasteiger partial charge in [0.1, 0.15) is 5.82 Å². The number of nitrogens with zero attached hydrogens (tertiary/aromatic N) is 3. The van der Waals surface area contributed by atoms with Gasteiger partial charge in [-0.05, 0) is 41.8 Å².